The molecule has 0 spiro atoms. The minimum absolute atomic E-state index is 0.304. The lowest BCUT2D eigenvalue weighted by molar-refractivity contribution is 0.185. The normalized spacial score (nSPS) is 17.2. The predicted octanol–water partition coefficient (Wildman–Crippen LogP) is 3.84. The van der Waals surface area contributed by atoms with E-state index in [-0.39, 0.29) is 0 Å². The molecular formula is C23H26N2O2. The molecule has 0 aromatic heterocycles. The van der Waals surface area contributed by atoms with E-state index in [1.807, 2.05) is 0 Å². The molecule has 4 nitrogen and oxygen atoms in total. The molecule has 0 amide bonds. The van der Waals surface area contributed by atoms with Crippen LogP contribution in [0, 0.1) is 0 Å². The molecular weight excluding hydrogens is 336 g/mol. The first-order valence-electron chi connectivity index (χ1n) is 9.50. The van der Waals surface area contributed by atoms with E-state index in [4.69, 9.17) is 9.47 Å². The summed E-state index contributed by atoms with van der Waals surface area (Å²) in [5.41, 5.74) is 2.43. The van der Waals surface area contributed by atoms with E-state index in [0.717, 1.165) is 25.4 Å². The first-order chi connectivity index (χ1) is 13.3. The van der Waals surface area contributed by atoms with E-state index in [1.54, 1.807) is 7.11 Å². The molecule has 27 heavy (non-hydrogen) atoms. The van der Waals surface area contributed by atoms with Gasteiger partial charge in [0.2, 0.25) is 0 Å². The van der Waals surface area contributed by atoms with Gasteiger partial charge in [-0.05, 0) is 40.6 Å². The van der Waals surface area contributed by atoms with E-state index in [0.29, 0.717) is 19.3 Å². The number of anilines is 1. The van der Waals surface area contributed by atoms with Crippen LogP contribution in [0.2, 0.25) is 0 Å². The van der Waals surface area contributed by atoms with Crippen LogP contribution in [0.1, 0.15) is 5.56 Å². The van der Waals surface area contributed by atoms with E-state index in [9.17, 15) is 0 Å². The summed E-state index contributed by atoms with van der Waals surface area (Å²) < 4.78 is 11.4. The van der Waals surface area contributed by atoms with Gasteiger partial charge < -0.3 is 19.7 Å². The number of benzene rings is 3. The number of piperazine rings is 1. The summed E-state index contributed by atoms with van der Waals surface area (Å²) >= 11 is 0. The van der Waals surface area contributed by atoms with Gasteiger partial charge in [0.05, 0.1) is 12.6 Å². The SMILES string of the molecule is COCc1ccc(N2CCNC[C@@H]2COc2ccc3ccccc3c2)cc1. The smallest absolute Gasteiger partial charge is 0.120 e. The summed E-state index contributed by atoms with van der Waals surface area (Å²) in [6.45, 7) is 4.20. The average Bonchev–Trinajstić information content (AvgIpc) is 2.73. The molecule has 1 aliphatic rings. The molecule has 4 rings (SSSR count). The molecule has 0 radical (unpaired) electrons. The zero-order chi connectivity index (χ0) is 18.5. The minimum atomic E-state index is 0.304. The Morgan fingerprint density at radius 2 is 1.81 bits per heavy atom. The van der Waals surface area contributed by atoms with Gasteiger partial charge in [-0.15, -0.1) is 0 Å². The fraction of sp³-hybridized carbons (Fsp3) is 0.304. The first kappa shape index (κ1) is 17.8. The molecule has 140 valence electrons. The lowest BCUT2D eigenvalue weighted by atomic mass is 10.1. The maximum Gasteiger partial charge on any atom is 0.120 e. The van der Waals surface area contributed by atoms with Gasteiger partial charge in [0.1, 0.15) is 12.4 Å². The van der Waals surface area contributed by atoms with Crippen molar-refractivity contribution in [3.8, 4) is 5.75 Å². The fourth-order valence-electron chi connectivity index (χ4n) is 3.65. The molecule has 1 fully saturated rings. The number of methoxy groups -OCH3 is 1. The Balaban J connectivity index is 1.45. The number of nitrogens with zero attached hydrogens (tertiary/aromatic N) is 1. The van der Waals surface area contributed by atoms with Gasteiger partial charge >= 0.3 is 0 Å². The second-order valence-electron chi connectivity index (χ2n) is 6.97. The molecule has 1 saturated heterocycles. The molecule has 3 aromatic rings. The summed E-state index contributed by atoms with van der Waals surface area (Å²) in [6.07, 6.45) is 0. The monoisotopic (exact) mass is 362 g/mol. The van der Waals surface area contributed by atoms with Gasteiger partial charge in [-0.2, -0.15) is 0 Å². The average molecular weight is 362 g/mol. The van der Waals surface area contributed by atoms with Crippen LogP contribution in [0.15, 0.2) is 66.7 Å². The van der Waals surface area contributed by atoms with Gasteiger partial charge in [-0.3, -0.25) is 0 Å². The topological polar surface area (TPSA) is 33.7 Å². The molecule has 3 aromatic carbocycles. The quantitative estimate of drug-likeness (QED) is 0.722. The third-order valence-electron chi connectivity index (χ3n) is 5.09. The van der Waals surface area contributed by atoms with E-state index < -0.39 is 0 Å². The van der Waals surface area contributed by atoms with Crippen LogP contribution in [-0.4, -0.2) is 39.4 Å². The summed E-state index contributed by atoms with van der Waals surface area (Å²) in [6, 6.07) is 23.6. The standard InChI is InChI=1S/C23H26N2O2/c1-26-16-18-6-9-21(10-7-18)25-13-12-24-15-22(25)17-27-23-11-8-19-4-2-3-5-20(19)14-23/h2-11,14,22,24H,12-13,15-17H2,1H3/t22-/m1/s1. The Hall–Kier alpha value is -2.56. The van der Waals surface area contributed by atoms with Crippen molar-refractivity contribution >= 4 is 16.5 Å². The summed E-state index contributed by atoms with van der Waals surface area (Å²) in [4.78, 5) is 2.44. The van der Waals surface area contributed by atoms with Crippen molar-refractivity contribution in [3.63, 3.8) is 0 Å². The number of rotatable bonds is 6. The predicted molar refractivity (Wildman–Crippen MR) is 111 cm³/mol. The molecule has 0 bridgehead atoms. The van der Waals surface area contributed by atoms with Gasteiger partial charge in [0.15, 0.2) is 0 Å². The van der Waals surface area contributed by atoms with Gasteiger partial charge in [0, 0.05) is 32.4 Å². The number of fused-ring (bicyclic) bond motifs is 1. The second-order valence-corrected chi connectivity index (χ2v) is 6.97. The number of hydrogen-bond donors (Lipinski definition) is 1. The van der Waals surface area contributed by atoms with Crippen LogP contribution in [0.5, 0.6) is 5.75 Å². The molecule has 1 heterocycles. The Labute approximate surface area is 160 Å². The number of hydrogen-bond acceptors (Lipinski definition) is 4. The highest BCUT2D eigenvalue weighted by Gasteiger charge is 2.23. The molecule has 0 unspecified atom stereocenters. The maximum atomic E-state index is 6.17. The Morgan fingerprint density at radius 3 is 2.63 bits per heavy atom. The van der Waals surface area contributed by atoms with Gasteiger partial charge in [0.25, 0.3) is 0 Å². The second kappa shape index (κ2) is 8.42. The van der Waals surface area contributed by atoms with E-state index >= 15 is 0 Å². The fourth-order valence-corrected chi connectivity index (χ4v) is 3.65. The Bertz CT molecular complexity index is 879. The molecule has 1 N–H and O–H groups in total. The summed E-state index contributed by atoms with van der Waals surface area (Å²) in [5, 5.41) is 5.94. The van der Waals surface area contributed by atoms with Gasteiger partial charge in [-0.25, -0.2) is 0 Å². The molecule has 1 atom stereocenters. The van der Waals surface area contributed by atoms with Crippen molar-refractivity contribution in [2.75, 3.05) is 38.3 Å². The highest BCUT2D eigenvalue weighted by molar-refractivity contribution is 5.83. The number of nitrogens with one attached hydrogen (secondary N) is 1. The van der Waals surface area contributed by atoms with Crippen LogP contribution in [0.25, 0.3) is 10.8 Å². The third-order valence-corrected chi connectivity index (χ3v) is 5.09. The van der Waals surface area contributed by atoms with Crippen LogP contribution in [0.3, 0.4) is 0 Å². The summed E-state index contributed by atoms with van der Waals surface area (Å²) in [5.74, 6) is 0.926. The molecule has 0 saturated carbocycles. The van der Waals surface area contributed by atoms with Crippen LogP contribution in [0.4, 0.5) is 5.69 Å². The maximum absolute atomic E-state index is 6.17. The van der Waals surface area contributed by atoms with Crippen molar-refractivity contribution in [2.45, 2.75) is 12.6 Å². The van der Waals surface area contributed by atoms with Gasteiger partial charge in [-0.1, -0.05) is 42.5 Å². The highest BCUT2D eigenvalue weighted by atomic mass is 16.5. The summed E-state index contributed by atoms with van der Waals surface area (Å²) in [7, 11) is 1.73. The molecule has 1 aliphatic heterocycles. The lowest BCUT2D eigenvalue weighted by Crippen LogP contribution is -2.54. The molecule has 4 heteroatoms. The first-order valence-corrected chi connectivity index (χ1v) is 9.50. The highest BCUT2D eigenvalue weighted by Crippen LogP contribution is 2.23. The largest absolute Gasteiger partial charge is 0.491 e. The van der Waals surface area contributed by atoms with Crippen molar-refractivity contribution in [1.82, 2.24) is 5.32 Å². The van der Waals surface area contributed by atoms with Crippen molar-refractivity contribution in [1.29, 1.82) is 0 Å². The third kappa shape index (κ3) is 4.24. The van der Waals surface area contributed by atoms with E-state index in [2.05, 4.69) is 76.9 Å². The zero-order valence-corrected chi connectivity index (χ0v) is 15.7. The van der Waals surface area contributed by atoms with Crippen molar-refractivity contribution in [3.05, 3.63) is 72.3 Å². The Morgan fingerprint density at radius 1 is 1.00 bits per heavy atom. The molecule has 0 aliphatic carbocycles. The zero-order valence-electron chi connectivity index (χ0n) is 15.7. The number of ether oxygens (including phenoxy) is 2. The van der Waals surface area contributed by atoms with Crippen LogP contribution in [-0.2, 0) is 11.3 Å². The van der Waals surface area contributed by atoms with Crippen LogP contribution >= 0.6 is 0 Å². The minimum Gasteiger partial charge on any atom is -0.491 e. The Kier molecular flexibility index (Phi) is 5.56. The van der Waals surface area contributed by atoms with E-state index in [1.165, 1.54) is 22.0 Å². The van der Waals surface area contributed by atoms with Crippen molar-refractivity contribution in [2.24, 2.45) is 0 Å². The lowest BCUT2D eigenvalue weighted by Gasteiger charge is -2.37. The van der Waals surface area contributed by atoms with Crippen LogP contribution < -0.4 is 15.0 Å². The van der Waals surface area contributed by atoms with Crippen molar-refractivity contribution < 1.29 is 9.47 Å².